The van der Waals surface area contributed by atoms with E-state index in [0.29, 0.717) is 13.0 Å². The van der Waals surface area contributed by atoms with E-state index in [0.717, 1.165) is 11.3 Å². The number of rotatable bonds is 6. The van der Waals surface area contributed by atoms with Crippen LogP contribution in [-0.2, 0) is 11.2 Å². The van der Waals surface area contributed by atoms with Crippen LogP contribution in [0.3, 0.4) is 0 Å². The number of hydrogen-bond donors (Lipinski definition) is 1. The van der Waals surface area contributed by atoms with Gasteiger partial charge in [-0.1, -0.05) is 24.3 Å². The Balaban J connectivity index is 1.84. The number of para-hydroxylation sites is 1. The number of benzene rings is 2. The number of ether oxygens (including phenoxy) is 2. The van der Waals surface area contributed by atoms with Crippen molar-refractivity contribution in [3.8, 4) is 11.5 Å². The monoisotopic (exact) mass is 286 g/mol. The molecule has 2 rings (SSSR count). The zero-order valence-corrected chi connectivity index (χ0v) is 11.9. The second-order valence-corrected chi connectivity index (χ2v) is 4.48. The van der Waals surface area contributed by atoms with Crippen molar-refractivity contribution in [1.29, 1.82) is 0 Å². The number of phenolic OH excluding ortho intramolecular Hbond substituents is 1. The fourth-order valence-electron chi connectivity index (χ4n) is 1.90. The first kappa shape index (κ1) is 14.9. The molecule has 0 fully saturated rings. The molecule has 0 saturated heterocycles. The molecular weight excluding hydrogens is 268 g/mol. The highest BCUT2D eigenvalue weighted by Crippen LogP contribution is 2.17. The Morgan fingerprint density at radius 1 is 1.10 bits per heavy atom. The van der Waals surface area contributed by atoms with Gasteiger partial charge in [0.05, 0.1) is 13.2 Å². The Bertz CT molecular complexity index is 590. The quantitative estimate of drug-likeness (QED) is 0.829. The van der Waals surface area contributed by atoms with E-state index in [-0.39, 0.29) is 17.9 Å². The van der Waals surface area contributed by atoms with E-state index in [4.69, 9.17) is 9.47 Å². The van der Waals surface area contributed by atoms with Crippen LogP contribution in [-0.4, -0.2) is 24.3 Å². The van der Waals surface area contributed by atoms with Crippen molar-refractivity contribution in [2.24, 2.45) is 0 Å². The van der Waals surface area contributed by atoms with Crippen LogP contribution in [0.5, 0.6) is 11.5 Å². The first-order valence-electron chi connectivity index (χ1n) is 6.87. The summed E-state index contributed by atoms with van der Waals surface area (Å²) >= 11 is 0. The standard InChI is InChI=1S/C17H18O4/c1-2-20-14-9-7-13(8-10-14)11-12-21-17(19)15-5-3-4-6-16(15)18/h3-10,18H,2,11-12H2,1H3. The molecule has 1 N–H and O–H groups in total. The first-order valence-corrected chi connectivity index (χ1v) is 6.87. The molecule has 0 heterocycles. The van der Waals surface area contributed by atoms with E-state index in [1.807, 2.05) is 31.2 Å². The van der Waals surface area contributed by atoms with Crippen molar-refractivity contribution in [1.82, 2.24) is 0 Å². The molecule has 0 bridgehead atoms. The topological polar surface area (TPSA) is 55.8 Å². The second kappa shape index (κ2) is 7.33. The van der Waals surface area contributed by atoms with Crippen molar-refractivity contribution in [3.05, 3.63) is 59.7 Å². The third kappa shape index (κ3) is 4.24. The lowest BCUT2D eigenvalue weighted by Gasteiger charge is -2.07. The second-order valence-electron chi connectivity index (χ2n) is 4.48. The Morgan fingerprint density at radius 3 is 2.48 bits per heavy atom. The lowest BCUT2D eigenvalue weighted by Crippen LogP contribution is -2.08. The van der Waals surface area contributed by atoms with Gasteiger partial charge in [-0.15, -0.1) is 0 Å². The molecule has 0 radical (unpaired) electrons. The summed E-state index contributed by atoms with van der Waals surface area (Å²) in [6.07, 6.45) is 0.617. The molecular formula is C17H18O4. The summed E-state index contributed by atoms with van der Waals surface area (Å²) in [4.78, 5) is 11.8. The number of carbonyl (C=O) groups is 1. The summed E-state index contributed by atoms with van der Waals surface area (Å²) in [6.45, 7) is 2.84. The average Bonchev–Trinajstić information content (AvgIpc) is 2.49. The smallest absolute Gasteiger partial charge is 0.341 e. The molecule has 0 saturated carbocycles. The van der Waals surface area contributed by atoms with Gasteiger partial charge in [-0.05, 0) is 36.8 Å². The third-order valence-electron chi connectivity index (χ3n) is 2.98. The zero-order chi connectivity index (χ0) is 15.1. The summed E-state index contributed by atoms with van der Waals surface area (Å²) in [5, 5.41) is 9.56. The molecule has 0 unspecified atom stereocenters. The predicted molar refractivity (Wildman–Crippen MR) is 79.7 cm³/mol. The van der Waals surface area contributed by atoms with Crippen LogP contribution in [0.2, 0.25) is 0 Å². The van der Waals surface area contributed by atoms with Gasteiger partial charge in [0.2, 0.25) is 0 Å². The van der Waals surface area contributed by atoms with Crippen molar-refractivity contribution in [2.75, 3.05) is 13.2 Å². The van der Waals surface area contributed by atoms with Gasteiger partial charge in [0.1, 0.15) is 17.1 Å². The molecule has 0 atom stereocenters. The Morgan fingerprint density at radius 2 is 1.81 bits per heavy atom. The molecule has 2 aromatic carbocycles. The molecule has 4 heteroatoms. The van der Waals surface area contributed by atoms with Crippen LogP contribution in [0, 0.1) is 0 Å². The summed E-state index contributed by atoms with van der Waals surface area (Å²) in [5.74, 6) is 0.245. The van der Waals surface area contributed by atoms with Crippen LogP contribution < -0.4 is 4.74 Å². The summed E-state index contributed by atoms with van der Waals surface area (Å²) < 4.78 is 10.5. The zero-order valence-electron chi connectivity index (χ0n) is 11.9. The minimum atomic E-state index is -0.515. The third-order valence-corrected chi connectivity index (χ3v) is 2.98. The Kier molecular flexibility index (Phi) is 5.21. The predicted octanol–water partition coefficient (Wildman–Crippen LogP) is 3.19. The molecule has 0 amide bonds. The fourth-order valence-corrected chi connectivity index (χ4v) is 1.90. The van der Waals surface area contributed by atoms with Gasteiger partial charge in [0.25, 0.3) is 0 Å². The molecule has 21 heavy (non-hydrogen) atoms. The van der Waals surface area contributed by atoms with Gasteiger partial charge in [-0.3, -0.25) is 0 Å². The van der Waals surface area contributed by atoms with E-state index in [9.17, 15) is 9.90 Å². The van der Waals surface area contributed by atoms with Crippen LogP contribution in [0.4, 0.5) is 0 Å². The Hall–Kier alpha value is -2.49. The van der Waals surface area contributed by atoms with E-state index >= 15 is 0 Å². The average molecular weight is 286 g/mol. The molecule has 0 spiro atoms. The highest BCUT2D eigenvalue weighted by molar-refractivity contribution is 5.92. The van der Waals surface area contributed by atoms with Crippen molar-refractivity contribution in [3.63, 3.8) is 0 Å². The largest absolute Gasteiger partial charge is 0.507 e. The van der Waals surface area contributed by atoms with Crippen LogP contribution >= 0.6 is 0 Å². The van der Waals surface area contributed by atoms with Crippen molar-refractivity contribution < 1.29 is 19.4 Å². The van der Waals surface area contributed by atoms with Crippen LogP contribution in [0.25, 0.3) is 0 Å². The molecule has 0 aliphatic carbocycles. The number of esters is 1. The number of carbonyl (C=O) groups excluding carboxylic acids is 1. The fraction of sp³-hybridized carbons (Fsp3) is 0.235. The molecule has 110 valence electrons. The maximum atomic E-state index is 11.8. The van der Waals surface area contributed by atoms with E-state index < -0.39 is 5.97 Å². The van der Waals surface area contributed by atoms with Crippen molar-refractivity contribution >= 4 is 5.97 Å². The minimum absolute atomic E-state index is 0.0661. The maximum absolute atomic E-state index is 11.8. The van der Waals surface area contributed by atoms with E-state index in [1.54, 1.807) is 12.1 Å². The highest BCUT2D eigenvalue weighted by Gasteiger charge is 2.11. The minimum Gasteiger partial charge on any atom is -0.507 e. The summed E-state index contributed by atoms with van der Waals surface area (Å²) in [6, 6.07) is 14.0. The first-order chi connectivity index (χ1) is 10.2. The SMILES string of the molecule is CCOc1ccc(CCOC(=O)c2ccccc2O)cc1. The van der Waals surface area contributed by atoms with Gasteiger partial charge in [0, 0.05) is 6.42 Å². The normalized spacial score (nSPS) is 10.1. The molecule has 0 aliphatic heterocycles. The number of hydrogen-bond acceptors (Lipinski definition) is 4. The van der Waals surface area contributed by atoms with Crippen LogP contribution in [0.15, 0.2) is 48.5 Å². The van der Waals surface area contributed by atoms with Crippen LogP contribution in [0.1, 0.15) is 22.8 Å². The van der Waals surface area contributed by atoms with Crippen molar-refractivity contribution in [2.45, 2.75) is 13.3 Å². The maximum Gasteiger partial charge on any atom is 0.341 e. The van der Waals surface area contributed by atoms with Gasteiger partial charge in [-0.2, -0.15) is 0 Å². The summed E-state index contributed by atoms with van der Waals surface area (Å²) in [5.41, 5.74) is 1.24. The van der Waals surface area contributed by atoms with Gasteiger partial charge in [-0.25, -0.2) is 4.79 Å². The molecule has 0 aliphatic rings. The van der Waals surface area contributed by atoms with E-state index in [1.165, 1.54) is 12.1 Å². The molecule has 2 aromatic rings. The van der Waals surface area contributed by atoms with Gasteiger partial charge in [0.15, 0.2) is 0 Å². The number of phenols is 1. The lowest BCUT2D eigenvalue weighted by atomic mass is 10.1. The van der Waals surface area contributed by atoms with Gasteiger partial charge >= 0.3 is 5.97 Å². The molecule has 0 aromatic heterocycles. The number of aromatic hydroxyl groups is 1. The highest BCUT2D eigenvalue weighted by atomic mass is 16.5. The van der Waals surface area contributed by atoms with Gasteiger partial charge < -0.3 is 14.6 Å². The Labute approximate surface area is 123 Å². The summed E-state index contributed by atoms with van der Waals surface area (Å²) in [7, 11) is 0. The molecule has 4 nitrogen and oxygen atoms in total. The van der Waals surface area contributed by atoms with E-state index in [2.05, 4.69) is 0 Å². The lowest BCUT2D eigenvalue weighted by molar-refractivity contribution is 0.0506.